The van der Waals surface area contributed by atoms with Gasteiger partial charge >= 0.3 is 0 Å². The number of hydrogen-bond acceptors (Lipinski definition) is 4. The molecule has 0 saturated carbocycles. The van der Waals surface area contributed by atoms with E-state index in [0.717, 1.165) is 39.1 Å². The van der Waals surface area contributed by atoms with Gasteiger partial charge in [0.2, 0.25) is 0 Å². The van der Waals surface area contributed by atoms with E-state index in [1.165, 1.54) is 25.7 Å². The van der Waals surface area contributed by atoms with E-state index in [9.17, 15) is 0 Å². The minimum absolute atomic E-state index is 0.0491. The van der Waals surface area contributed by atoms with Gasteiger partial charge in [-0.3, -0.25) is 0 Å². The molecule has 1 aliphatic heterocycles. The summed E-state index contributed by atoms with van der Waals surface area (Å²) in [5.74, 6) is 0. The molecule has 0 aromatic carbocycles. The quantitative estimate of drug-likeness (QED) is 0.563. The molecule has 1 unspecified atom stereocenters. The molecule has 1 aliphatic rings. The van der Waals surface area contributed by atoms with E-state index < -0.39 is 0 Å². The molecule has 0 aromatic heterocycles. The Morgan fingerprint density at radius 3 is 2.61 bits per heavy atom. The summed E-state index contributed by atoms with van der Waals surface area (Å²) < 4.78 is 16.4. The molecule has 1 rings (SSSR count). The van der Waals surface area contributed by atoms with Crippen molar-refractivity contribution < 1.29 is 14.2 Å². The summed E-state index contributed by atoms with van der Waals surface area (Å²) in [6.45, 7) is 3.00. The van der Waals surface area contributed by atoms with Crippen LogP contribution in [0.15, 0.2) is 0 Å². The zero-order valence-electron chi connectivity index (χ0n) is 11.2. The van der Waals surface area contributed by atoms with Gasteiger partial charge in [0.15, 0.2) is 6.29 Å². The summed E-state index contributed by atoms with van der Waals surface area (Å²) in [7, 11) is 0. The number of ether oxygens (including phenoxy) is 3. The first kappa shape index (κ1) is 15.4. The molecular weight excluding hydrogens is 230 g/mol. The largest absolute Gasteiger partial charge is 0.380 e. The van der Waals surface area contributed by atoms with Crippen molar-refractivity contribution in [2.45, 2.75) is 57.7 Å². The molecule has 0 spiro atoms. The van der Waals surface area contributed by atoms with Crippen molar-refractivity contribution in [1.82, 2.24) is 0 Å². The average molecular weight is 255 g/mol. The molecule has 1 saturated heterocycles. The van der Waals surface area contributed by atoms with Crippen LogP contribution < -0.4 is 0 Å². The Bertz CT molecular complexity index is 222. The fourth-order valence-electron chi connectivity index (χ4n) is 1.94. The van der Waals surface area contributed by atoms with Gasteiger partial charge in [0, 0.05) is 19.8 Å². The van der Waals surface area contributed by atoms with Crippen LogP contribution in [0.1, 0.15) is 51.4 Å². The summed E-state index contributed by atoms with van der Waals surface area (Å²) in [6.07, 6.45) is 8.50. The molecule has 104 valence electrons. The number of unbranched alkanes of at least 4 members (excludes halogenated alkanes) is 3. The molecule has 0 bridgehead atoms. The van der Waals surface area contributed by atoms with E-state index >= 15 is 0 Å². The van der Waals surface area contributed by atoms with Gasteiger partial charge in [-0.05, 0) is 32.1 Å². The van der Waals surface area contributed by atoms with Crippen LogP contribution >= 0.6 is 0 Å². The molecule has 0 radical (unpaired) electrons. The highest BCUT2D eigenvalue weighted by molar-refractivity contribution is 4.66. The first-order valence-corrected chi connectivity index (χ1v) is 7.11. The Morgan fingerprint density at radius 2 is 1.89 bits per heavy atom. The lowest BCUT2D eigenvalue weighted by Crippen LogP contribution is -2.22. The zero-order chi connectivity index (χ0) is 12.9. The molecule has 1 heterocycles. The number of nitriles is 1. The molecule has 0 amide bonds. The van der Waals surface area contributed by atoms with Crippen molar-refractivity contribution in [2.24, 2.45) is 0 Å². The fourth-order valence-corrected chi connectivity index (χ4v) is 1.94. The normalized spacial score (nSPS) is 19.6. The van der Waals surface area contributed by atoms with Crippen LogP contribution in [-0.2, 0) is 14.2 Å². The van der Waals surface area contributed by atoms with Crippen LogP contribution in [0, 0.1) is 11.3 Å². The predicted octanol–water partition coefficient (Wildman–Crippen LogP) is 3.02. The summed E-state index contributed by atoms with van der Waals surface area (Å²) in [6, 6.07) is 2.06. The van der Waals surface area contributed by atoms with Crippen molar-refractivity contribution in [1.29, 1.82) is 5.26 Å². The Kier molecular flexibility index (Phi) is 9.82. The molecule has 1 fully saturated rings. The average Bonchev–Trinajstić information content (AvgIpc) is 2.42. The lowest BCUT2D eigenvalue weighted by Gasteiger charge is -2.22. The highest BCUT2D eigenvalue weighted by Gasteiger charge is 2.13. The van der Waals surface area contributed by atoms with E-state index in [4.69, 9.17) is 19.5 Å². The summed E-state index contributed by atoms with van der Waals surface area (Å²) in [5, 5.41) is 8.32. The van der Waals surface area contributed by atoms with Gasteiger partial charge in [-0.1, -0.05) is 12.8 Å². The molecule has 0 N–H and O–H groups in total. The Labute approximate surface area is 110 Å². The molecule has 0 aliphatic carbocycles. The van der Waals surface area contributed by atoms with Crippen LogP contribution in [-0.4, -0.2) is 32.7 Å². The maximum atomic E-state index is 8.32. The van der Waals surface area contributed by atoms with E-state index in [0.29, 0.717) is 13.0 Å². The van der Waals surface area contributed by atoms with Gasteiger partial charge in [0.25, 0.3) is 0 Å². The topological polar surface area (TPSA) is 51.5 Å². The number of nitrogens with zero attached hydrogens (tertiary/aromatic N) is 1. The maximum Gasteiger partial charge on any atom is 0.157 e. The van der Waals surface area contributed by atoms with Gasteiger partial charge in [-0.25, -0.2) is 0 Å². The summed E-state index contributed by atoms with van der Waals surface area (Å²) in [5.41, 5.74) is 0. The van der Waals surface area contributed by atoms with Gasteiger partial charge in [-0.15, -0.1) is 0 Å². The molecule has 18 heavy (non-hydrogen) atoms. The second kappa shape index (κ2) is 11.5. The van der Waals surface area contributed by atoms with E-state index in [1.807, 2.05) is 0 Å². The highest BCUT2D eigenvalue weighted by atomic mass is 16.7. The first-order valence-electron chi connectivity index (χ1n) is 7.11. The maximum absolute atomic E-state index is 8.32. The monoisotopic (exact) mass is 255 g/mol. The van der Waals surface area contributed by atoms with Crippen molar-refractivity contribution in [3.63, 3.8) is 0 Å². The second-order valence-corrected chi connectivity index (χ2v) is 4.60. The molecular formula is C14H25NO3. The SMILES string of the molecule is N#CCCOCCCCCCOC1CCCCO1. The third kappa shape index (κ3) is 8.46. The lowest BCUT2D eigenvalue weighted by molar-refractivity contribution is -0.162. The third-order valence-electron chi connectivity index (χ3n) is 2.98. The fraction of sp³-hybridized carbons (Fsp3) is 0.929. The van der Waals surface area contributed by atoms with Crippen molar-refractivity contribution >= 4 is 0 Å². The predicted molar refractivity (Wildman–Crippen MR) is 69.1 cm³/mol. The summed E-state index contributed by atoms with van der Waals surface area (Å²) in [4.78, 5) is 0. The Hall–Kier alpha value is -0.630. The van der Waals surface area contributed by atoms with E-state index in [1.54, 1.807) is 0 Å². The molecule has 4 heteroatoms. The molecule has 4 nitrogen and oxygen atoms in total. The van der Waals surface area contributed by atoms with Crippen molar-refractivity contribution in [3.05, 3.63) is 0 Å². The van der Waals surface area contributed by atoms with Crippen LogP contribution in [0.4, 0.5) is 0 Å². The molecule has 1 atom stereocenters. The summed E-state index contributed by atoms with van der Waals surface area (Å²) >= 11 is 0. The van der Waals surface area contributed by atoms with Crippen LogP contribution in [0.2, 0.25) is 0 Å². The zero-order valence-corrected chi connectivity index (χ0v) is 11.2. The van der Waals surface area contributed by atoms with Gasteiger partial charge in [0.05, 0.1) is 19.1 Å². The number of hydrogen-bond donors (Lipinski definition) is 0. The Morgan fingerprint density at radius 1 is 1.06 bits per heavy atom. The second-order valence-electron chi connectivity index (χ2n) is 4.60. The van der Waals surface area contributed by atoms with Gasteiger partial charge in [0.1, 0.15) is 0 Å². The minimum Gasteiger partial charge on any atom is -0.380 e. The van der Waals surface area contributed by atoms with Crippen LogP contribution in [0.3, 0.4) is 0 Å². The number of rotatable bonds is 10. The van der Waals surface area contributed by atoms with Crippen LogP contribution in [0.25, 0.3) is 0 Å². The Balaban J connectivity index is 1.74. The van der Waals surface area contributed by atoms with E-state index in [-0.39, 0.29) is 6.29 Å². The third-order valence-corrected chi connectivity index (χ3v) is 2.98. The lowest BCUT2D eigenvalue weighted by atomic mass is 10.2. The van der Waals surface area contributed by atoms with Crippen LogP contribution in [0.5, 0.6) is 0 Å². The van der Waals surface area contributed by atoms with E-state index in [2.05, 4.69) is 6.07 Å². The van der Waals surface area contributed by atoms with Crippen molar-refractivity contribution in [3.8, 4) is 6.07 Å². The van der Waals surface area contributed by atoms with Gasteiger partial charge < -0.3 is 14.2 Å². The smallest absolute Gasteiger partial charge is 0.157 e. The first-order chi connectivity index (χ1) is 8.93. The van der Waals surface area contributed by atoms with Gasteiger partial charge in [-0.2, -0.15) is 5.26 Å². The standard InChI is InChI=1S/C14H25NO3/c15-9-7-11-16-10-4-1-2-5-12-17-14-8-3-6-13-18-14/h14H,1-8,10-13H2. The molecule has 0 aromatic rings. The van der Waals surface area contributed by atoms with Crippen molar-refractivity contribution in [2.75, 3.05) is 26.4 Å². The minimum atomic E-state index is 0.0491. The highest BCUT2D eigenvalue weighted by Crippen LogP contribution is 2.14.